The highest BCUT2D eigenvalue weighted by Gasteiger charge is 2.42. The van der Waals surface area contributed by atoms with Gasteiger partial charge in [0.2, 0.25) is 0 Å². The lowest BCUT2D eigenvalue weighted by Gasteiger charge is -2.40. The van der Waals surface area contributed by atoms with Gasteiger partial charge in [0.05, 0.1) is 12.7 Å². The van der Waals surface area contributed by atoms with Crippen molar-refractivity contribution in [1.29, 1.82) is 0 Å². The van der Waals surface area contributed by atoms with Gasteiger partial charge in [-0.05, 0) is 75.3 Å². The van der Waals surface area contributed by atoms with Gasteiger partial charge in [-0.25, -0.2) is 4.79 Å². The molecule has 1 saturated carbocycles. The Morgan fingerprint density at radius 3 is 2.55 bits per heavy atom. The molecular weight excluding hydrogens is 478 g/mol. The van der Waals surface area contributed by atoms with Gasteiger partial charge in [0.25, 0.3) is 0 Å². The van der Waals surface area contributed by atoms with E-state index in [0.717, 1.165) is 72.0 Å². The second-order valence-electron chi connectivity index (χ2n) is 11.3. The average Bonchev–Trinajstić information content (AvgIpc) is 3.50. The third-order valence-corrected chi connectivity index (χ3v) is 8.86. The van der Waals surface area contributed by atoms with Crippen LogP contribution in [0.1, 0.15) is 71.8 Å². The molecule has 0 spiro atoms. The van der Waals surface area contributed by atoms with E-state index in [1.165, 1.54) is 11.3 Å². The average molecular weight is 512 g/mol. The number of fused-ring (bicyclic) bond motifs is 3. The molecule has 2 aromatic carbocycles. The first-order valence-corrected chi connectivity index (χ1v) is 13.7. The lowest BCUT2D eigenvalue weighted by molar-refractivity contribution is 0.0147. The molecular formula is C31H33N3O4. The van der Waals surface area contributed by atoms with Gasteiger partial charge in [-0.1, -0.05) is 29.4 Å². The first kappa shape index (κ1) is 23.5. The second-order valence-corrected chi connectivity index (χ2v) is 11.3. The molecule has 7 nitrogen and oxygen atoms in total. The van der Waals surface area contributed by atoms with Crippen molar-refractivity contribution < 1.29 is 19.2 Å². The second kappa shape index (κ2) is 9.02. The van der Waals surface area contributed by atoms with Crippen molar-refractivity contribution in [2.24, 2.45) is 7.05 Å². The number of carbonyl (C=O) groups is 1. The summed E-state index contributed by atoms with van der Waals surface area (Å²) in [5, 5.41) is 15.0. The van der Waals surface area contributed by atoms with E-state index in [0.29, 0.717) is 30.3 Å². The fourth-order valence-electron chi connectivity index (χ4n) is 6.77. The summed E-state index contributed by atoms with van der Waals surface area (Å²) in [6.07, 6.45) is 6.84. The normalized spacial score (nSPS) is 22.9. The smallest absolute Gasteiger partial charge is 0.352 e. The Balaban J connectivity index is 1.10. The van der Waals surface area contributed by atoms with E-state index in [4.69, 9.17) is 9.26 Å². The van der Waals surface area contributed by atoms with Gasteiger partial charge < -0.3 is 23.8 Å². The first-order valence-electron chi connectivity index (χ1n) is 13.7. The molecule has 196 valence electrons. The Labute approximate surface area is 222 Å². The fraction of sp³-hybridized carbons (Fsp3) is 0.419. The van der Waals surface area contributed by atoms with E-state index in [-0.39, 0.29) is 6.10 Å². The van der Waals surface area contributed by atoms with Crippen LogP contribution in [0, 0.1) is 6.92 Å². The summed E-state index contributed by atoms with van der Waals surface area (Å²) in [5.74, 6) is 0.596. The minimum absolute atomic E-state index is 0.203. The molecule has 38 heavy (non-hydrogen) atoms. The minimum Gasteiger partial charge on any atom is -0.477 e. The van der Waals surface area contributed by atoms with E-state index in [2.05, 4.69) is 59.4 Å². The number of rotatable bonds is 7. The summed E-state index contributed by atoms with van der Waals surface area (Å²) in [7, 11) is 1.81. The predicted octanol–water partition coefficient (Wildman–Crippen LogP) is 6.43. The maximum atomic E-state index is 11.6. The summed E-state index contributed by atoms with van der Waals surface area (Å²) in [5.41, 5.74) is 6.82. The third kappa shape index (κ3) is 3.91. The number of hydrogen-bond acceptors (Lipinski definition) is 5. The van der Waals surface area contributed by atoms with Gasteiger partial charge in [0, 0.05) is 52.8 Å². The molecule has 4 heterocycles. The van der Waals surface area contributed by atoms with Crippen molar-refractivity contribution >= 4 is 22.6 Å². The van der Waals surface area contributed by atoms with Gasteiger partial charge in [0.1, 0.15) is 17.1 Å². The van der Waals surface area contributed by atoms with Crippen LogP contribution >= 0.6 is 0 Å². The maximum absolute atomic E-state index is 11.6. The minimum atomic E-state index is -0.897. The number of nitrogens with zero attached hydrogens (tertiary/aromatic N) is 3. The molecule has 1 aliphatic carbocycles. The van der Waals surface area contributed by atoms with Crippen molar-refractivity contribution in [1.82, 2.24) is 9.72 Å². The van der Waals surface area contributed by atoms with Crippen LogP contribution in [0.2, 0.25) is 0 Å². The third-order valence-electron chi connectivity index (χ3n) is 8.86. The Morgan fingerprint density at radius 2 is 1.84 bits per heavy atom. The first-order chi connectivity index (χ1) is 18.5. The molecule has 2 unspecified atom stereocenters. The molecule has 0 radical (unpaired) electrons. The number of aromatic nitrogens is 2. The zero-order chi connectivity index (χ0) is 26.0. The predicted molar refractivity (Wildman–Crippen MR) is 146 cm³/mol. The number of piperidine rings is 1. The van der Waals surface area contributed by atoms with Gasteiger partial charge in [-0.3, -0.25) is 0 Å². The van der Waals surface area contributed by atoms with Crippen molar-refractivity contribution in [3.8, 4) is 11.3 Å². The molecule has 7 rings (SSSR count). The number of benzene rings is 2. The Hall–Kier alpha value is -3.58. The number of aryl methyl sites for hydroxylation is 2. The van der Waals surface area contributed by atoms with Crippen LogP contribution in [0.25, 0.3) is 22.2 Å². The number of anilines is 1. The highest BCUT2D eigenvalue weighted by molar-refractivity contribution is 5.95. The molecule has 2 aromatic heterocycles. The molecule has 3 atom stereocenters. The highest BCUT2D eigenvalue weighted by Crippen LogP contribution is 2.45. The monoisotopic (exact) mass is 511 g/mol. The summed E-state index contributed by atoms with van der Waals surface area (Å²) < 4.78 is 14.3. The number of carboxylic acid groups (broad SMARTS) is 1. The van der Waals surface area contributed by atoms with Crippen molar-refractivity contribution in [2.75, 3.05) is 4.90 Å². The van der Waals surface area contributed by atoms with Crippen LogP contribution in [-0.2, 0) is 18.4 Å². The number of hydrogen-bond donors (Lipinski definition) is 1. The summed E-state index contributed by atoms with van der Waals surface area (Å²) in [6.45, 7) is 2.66. The van der Waals surface area contributed by atoms with E-state index < -0.39 is 5.97 Å². The van der Waals surface area contributed by atoms with Crippen LogP contribution in [0.4, 0.5) is 5.69 Å². The molecule has 3 fully saturated rings. The van der Waals surface area contributed by atoms with Crippen LogP contribution < -0.4 is 4.90 Å². The zero-order valence-electron chi connectivity index (χ0n) is 21.9. The molecule has 3 aliphatic rings. The van der Waals surface area contributed by atoms with Crippen molar-refractivity contribution in [3.05, 3.63) is 71.1 Å². The quantitative estimate of drug-likeness (QED) is 0.308. The van der Waals surface area contributed by atoms with E-state index in [1.807, 2.05) is 7.05 Å². The lowest BCUT2D eigenvalue weighted by atomic mass is 9.98. The zero-order valence-corrected chi connectivity index (χ0v) is 21.9. The number of aromatic carboxylic acids is 1. The Bertz CT molecular complexity index is 1520. The Kier molecular flexibility index (Phi) is 5.58. The van der Waals surface area contributed by atoms with Crippen LogP contribution in [0.5, 0.6) is 0 Å². The van der Waals surface area contributed by atoms with Crippen molar-refractivity contribution in [3.63, 3.8) is 0 Å². The van der Waals surface area contributed by atoms with Gasteiger partial charge in [-0.15, -0.1) is 0 Å². The van der Waals surface area contributed by atoms with Gasteiger partial charge >= 0.3 is 5.97 Å². The van der Waals surface area contributed by atoms with Gasteiger partial charge in [-0.2, -0.15) is 0 Å². The fourth-order valence-corrected chi connectivity index (χ4v) is 6.77. The summed E-state index contributed by atoms with van der Waals surface area (Å²) >= 11 is 0. The van der Waals surface area contributed by atoms with E-state index in [9.17, 15) is 9.90 Å². The summed E-state index contributed by atoms with van der Waals surface area (Å²) in [4.78, 5) is 14.2. The number of carboxylic acids is 1. The van der Waals surface area contributed by atoms with Crippen LogP contribution in [0.15, 0.2) is 53.1 Å². The molecule has 2 aliphatic heterocycles. The maximum Gasteiger partial charge on any atom is 0.352 e. The molecule has 4 aromatic rings. The topological polar surface area (TPSA) is 80.7 Å². The largest absolute Gasteiger partial charge is 0.477 e. The van der Waals surface area contributed by atoms with Crippen molar-refractivity contribution in [2.45, 2.75) is 76.2 Å². The summed E-state index contributed by atoms with van der Waals surface area (Å²) in [6, 6.07) is 17.3. The highest BCUT2D eigenvalue weighted by atomic mass is 16.5. The molecule has 1 N–H and O–H groups in total. The molecule has 2 bridgehead atoms. The lowest BCUT2D eigenvalue weighted by Crippen LogP contribution is -2.45. The van der Waals surface area contributed by atoms with E-state index in [1.54, 1.807) is 10.6 Å². The van der Waals surface area contributed by atoms with Gasteiger partial charge in [0.15, 0.2) is 0 Å². The number of ether oxygens (including phenoxy) is 1. The Morgan fingerprint density at radius 1 is 1.08 bits per heavy atom. The molecule has 2 saturated heterocycles. The standard InChI is InChI=1S/C31H33N3O4/c1-18-5-3-4-6-25(18)29-26(30(38-32-29)19-7-8-19)17-37-24-15-22-9-10-23(16-24)34(22)21-11-12-27-20(13-21)14-28(31(35)36)33(27)2/h3-6,11-14,19,22-24H,7-10,15-17H2,1-2H3,(H,35,36)/t22-,23?,24?/m0/s1. The van der Waals surface area contributed by atoms with Crippen LogP contribution in [-0.4, -0.2) is 39.0 Å². The SMILES string of the molecule is Cc1ccccc1-c1noc(C2CC2)c1COC1CC2CC[C@@H](C1)N2c1ccc2c(c1)cc(C(=O)O)n2C. The van der Waals surface area contributed by atoms with E-state index >= 15 is 0 Å². The van der Waals surface area contributed by atoms with Crippen LogP contribution in [0.3, 0.4) is 0 Å². The molecule has 7 heteroatoms. The molecule has 0 amide bonds.